The van der Waals surface area contributed by atoms with Crippen LogP contribution in [0, 0.1) is 0 Å². The fourth-order valence-electron chi connectivity index (χ4n) is 3.23. The highest BCUT2D eigenvalue weighted by Gasteiger charge is 2.48. The van der Waals surface area contributed by atoms with E-state index in [0.717, 1.165) is 9.37 Å². The van der Waals surface area contributed by atoms with Crippen LogP contribution in [-0.2, 0) is 9.59 Å². The lowest BCUT2D eigenvalue weighted by Crippen LogP contribution is -2.29. The van der Waals surface area contributed by atoms with Gasteiger partial charge in [0.05, 0.1) is 17.5 Å². The van der Waals surface area contributed by atoms with Crippen LogP contribution >= 0.6 is 15.9 Å². The molecule has 2 N–H and O–H groups in total. The normalized spacial score (nSPS) is 18.6. The van der Waals surface area contributed by atoms with Gasteiger partial charge in [-0.05, 0) is 36.4 Å². The number of aliphatic hydroxyl groups excluding tert-OH is 1. The van der Waals surface area contributed by atoms with Crippen LogP contribution in [0.4, 0.5) is 5.69 Å². The number of ketones is 1. The van der Waals surface area contributed by atoms with Crippen LogP contribution in [-0.4, -0.2) is 21.9 Å². The second kappa shape index (κ2) is 7.01. The number of hydrogen-bond donors (Lipinski definition) is 2. The molecule has 1 fully saturated rings. The molecule has 1 aliphatic heterocycles. The molecule has 28 heavy (non-hydrogen) atoms. The molecule has 6 nitrogen and oxygen atoms in total. The van der Waals surface area contributed by atoms with Gasteiger partial charge in [-0.25, -0.2) is 0 Å². The van der Waals surface area contributed by atoms with E-state index in [9.17, 15) is 19.8 Å². The third kappa shape index (κ3) is 2.90. The number of rotatable bonds is 3. The van der Waals surface area contributed by atoms with E-state index >= 15 is 0 Å². The molecule has 4 rings (SSSR count). The summed E-state index contributed by atoms with van der Waals surface area (Å²) in [6.07, 6.45) is 1.42. The third-order valence-electron chi connectivity index (χ3n) is 4.52. The number of carbonyl (C=O) groups excluding carboxylic acids is 2. The summed E-state index contributed by atoms with van der Waals surface area (Å²) in [5.74, 6) is -1.90. The summed E-state index contributed by atoms with van der Waals surface area (Å²) >= 11 is 3.32. The van der Waals surface area contributed by atoms with Gasteiger partial charge in [-0.2, -0.15) is 0 Å². The number of phenols is 1. The minimum absolute atomic E-state index is 0.106. The Morgan fingerprint density at radius 1 is 1.00 bits per heavy atom. The van der Waals surface area contributed by atoms with E-state index in [1.165, 1.54) is 18.4 Å². The van der Waals surface area contributed by atoms with Crippen molar-refractivity contribution in [2.45, 2.75) is 6.04 Å². The Bertz CT molecular complexity index is 1090. The Hall–Kier alpha value is -3.32. The quantitative estimate of drug-likeness (QED) is 0.359. The molecule has 2 heterocycles. The predicted octanol–water partition coefficient (Wildman–Crippen LogP) is 4.37. The van der Waals surface area contributed by atoms with E-state index in [1.54, 1.807) is 48.5 Å². The van der Waals surface area contributed by atoms with Crippen molar-refractivity contribution >= 4 is 39.1 Å². The Balaban J connectivity index is 1.94. The van der Waals surface area contributed by atoms with Crippen molar-refractivity contribution in [1.29, 1.82) is 0 Å². The first-order valence-electron chi connectivity index (χ1n) is 8.37. The number of carbonyl (C=O) groups is 2. The van der Waals surface area contributed by atoms with Crippen LogP contribution in [0.3, 0.4) is 0 Å². The SMILES string of the molecule is O=C1C(=O)N(c2ccccc2O)C(c2ccco2)/C1=C(/O)c1ccc(Br)cc1. The van der Waals surface area contributed by atoms with Crippen LogP contribution in [0.2, 0.25) is 0 Å². The number of para-hydroxylation sites is 2. The van der Waals surface area contributed by atoms with Crippen LogP contribution in [0.15, 0.2) is 81.4 Å². The van der Waals surface area contributed by atoms with Gasteiger partial charge >= 0.3 is 0 Å². The van der Waals surface area contributed by atoms with Gasteiger partial charge in [-0.1, -0.05) is 40.2 Å². The Morgan fingerprint density at radius 2 is 1.71 bits per heavy atom. The summed E-state index contributed by atoms with van der Waals surface area (Å²) in [6.45, 7) is 0. The number of halogens is 1. The van der Waals surface area contributed by atoms with Gasteiger partial charge in [-0.15, -0.1) is 0 Å². The minimum atomic E-state index is -1.01. The Labute approximate surface area is 168 Å². The fraction of sp³-hybridized carbons (Fsp3) is 0.0476. The first-order chi connectivity index (χ1) is 13.5. The highest BCUT2D eigenvalue weighted by molar-refractivity contribution is 9.10. The van der Waals surface area contributed by atoms with Crippen molar-refractivity contribution in [2.75, 3.05) is 4.90 Å². The molecule has 1 unspecified atom stereocenters. The van der Waals surface area contributed by atoms with Gasteiger partial charge in [0.25, 0.3) is 11.7 Å². The van der Waals surface area contributed by atoms with Crippen LogP contribution in [0.25, 0.3) is 5.76 Å². The largest absolute Gasteiger partial charge is 0.507 e. The summed E-state index contributed by atoms with van der Waals surface area (Å²) in [5.41, 5.74) is 0.432. The molecule has 0 aliphatic carbocycles. The molecule has 140 valence electrons. The lowest BCUT2D eigenvalue weighted by atomic mass is 9.99. The summed E-state index contributed by atoms with van der Waals surface area (Å²) in [6, 6.07) is 15.1. The first kappa shape index (κ1) is 18.1. The Morgan fingerprint density at radius 3 is 2.36 bits per heavy atom. The molecule has 0 saturated carbocycles. The van der Waals surface area contributed by atoms with E-state index in [2.05, 4.69) is 15.9 Å². The summed E-state index contributed by atoms with van der Waals surface area (Å²) in [5, 5.41) is 21.1. The maximum Gasteiger partial charge on any atom is 0.300 e. The van der Waals surface area contributed by atoms with Crippen LogP contribution in [0.1, 0.15) is 17.4 Å². The van der Waals surface area contributed by atoms with Gasteiger partial charge in [0.2, 0.25) is 0 Å². The fourth-order valence-corrected chi connectivity index (χ4v) is 3.49. The topological polar surface area (TPSA) is 91.0 Å². The van der Waals surface area contributed by atoms with E-state index in [1.807, 2.05) is 0 Å². The molecule has 1 amide bonds. The van der Waals surface area contributed by atoms with E-state index in [-0.39, 0.29) is 22.8 Å². The highest BCUT2D eigenvalue weighted by atomic mass is 79.9. The average molecular weight is 440 g/mol. The molecule has 1 saturated heterocycles. The second-order valence-corrected chi connectivity index (χ2v) is 7.10. The summed E-state index contributed by atoms with van der Waals surface area (Å²) in [7, 11) is 0. The van der Waals surface area contributed by atoms with Crippen molar-refractivity contribution in [3.8, 4) is 5.75 Å². The van der Waals surface area contributed by atoms with Crippen molar-refractivity contribution < 1.29 is 24.2 Å². The number of furan rings is 1. The average Bonchev–Trinajstić information content (AvgIpc) is 3.30. The zero-order chi connectivity index (χ0) is 19.8. The van der Waals surface area contributed by atoms with Crippen molar-refractivity contribution in [1.82, 2.24) is 0 Å². The maximum absolute atomic E-state index is 12.8. The Kier molecular flexibility index (Phi) is 4.52. The first-order valence-corrected chi connectivity index (χ1v) is 9.16. The molecule has 7 heteroatoms. The maximum atomic E-state index is 12.8. The predicted molar refractivity (Wildman–Crippen MR) is 106 cm³/mol. The van der Waals surface area contributed by atoms with Gasteiger partial charge < -0.3 is 14.6 Å². The van der Waals surface area contributed by atoms with Crippen molar-refractivity contribution in [3.05, 3.63) is 88.3 Å². The number of benzene rings is 2. The second-order valence-electron chi connectivity index (χ2n) is 6.18. The smallest absolute Gasteiger partial charge is 0.300 e. The summed E-state index contributed by atoms with van der Waals surface area (Å²) < 4.78 is 6.27. The van der Waals surface area contributed by atoms with E-state index < -0.39 is 17.7 Å². The van der Waals surface area contributed by atoms with E-state index in [0.29, 0.717) is 11.3 Å². The van der Waals surface area contributed by atoms with Crippen molar-refractivity contribution in [2.24, 2.45) is 0 Å². The number of anilines is 1. The molecule has 1 atom stereocenters. The number of nitrogens with zero attached hydrogens (tertiary/aromatic N) is 1. The molecular weight excluding hydrogens is 426 g/mol. The number of phenolic OH excluding ortho intramolecular Hbond substituents is 1. The molecule has 0 radical (unpaired) electrons. The molecule has 1 aliphatic rings. The lowest BCUT2D eigenvalue weighted by Gasteiger charge is -2.24. The highest BCUT2D eigenvalue weighted by Crippen LogP contribution is 2.44. The van der Waals surface area contributed by atoms with Crippen LogP contribution < -0.4 is 4.90 Å². The molecule has 3 aromatic rings. The molecular formula is C21H14BrNO5. The van der Waals surface area contributed by atoms with Gasteiger partial charge in [0.15, 0.2) is 0 Å². The number of Topliss-reactive ketones (excluding diaryl/α,β-unsaturated/α-hetero) is 1. The number of aliphatic hydroxyl groups is 1. The molecule has 0 bridgehead atoms. The number of aromatic hydroxyl groups is 1. The zero-order valence-electron chi connectivity index (χ0n) is 14.4. The lowest BCUT2D eigenvalue weighted by molar-refractivity contribution is -0.132. The minimum Gasteiger partial charge on any atom is -0.507 e. The zero-order valence-corrected chi connectivity index (χ0v) is 16.0. The number of hydrogen-bond acceptors (Lipinski definition) is 5. The third-order valence-corrected chi connectivity index (χ3v) is 5.04. The van der Waals surface area contributed by atoms with Crippen LogP contribution in [0.5, 0.6) is 5.75 Å². The number of amides is 1. The summed E-state index contributed by atoms with van der Waals surface area (Å²) in [4.78, 5) is 26.8. The van der Waals surface area contributed by atoms with E-state index in [4.69, 9.17) is 4.42 Å². The monoisotopic (exact) mass is 439 g/mol. The molecule has 2 aromatic carbocycles. The molecule has 1 aromatic heterocycles. The van der Waals surface area contributed by atoms with Gasteiger partial charge in [0.1, 0.15) is 23.3 Å². The molecule has 0 spiro atoms. The standard InChI is InChI=1S/C21H14BrNO5/c22-13-9-7-12(8-10-13)19(25)17-18(16-6-3-11-28-16)23(21(27)20(17)26)14-4-1-2-5-15(14)24/h1-11,18,24-25H/b19-17-. The van der Waals surface area contributed by atoms with Gasteiger partial charge in [-0.3, -0.25) is 14.5 Å². The van der Waals surface area contributed by atoms with Crippen molar-refractivity contribution in [3.63, 3.8) is 0 Å². The van der Waals surface area contributed by atoms with Gasteiger partial charge in [0, 0.05) is 10.0 Å².